The van der Waals surface area contributed by atoms with Gasteiger partial charge in [-0.3, -0.25) is 0 Å². The smallest absolute Gasteiger partial charge is 0.196 e. The minimum absolute atomic E-state index is 0.450. The fourth-order valence-electron chi connectivity index (χ4n) is 6.34. The first-order valence-corrected chi connectivity index (χ1v) is 14.9. The van der Waals surface area contributed by atoms with Crippen molar-refractivity contribution in [2.75, 3.05) is 0 Å². The third kappa shape index (κ3) is 3.80. The van der Waals surface area contributed by atoms with Gasteiger partial charge in [-0.25, -0.2) is 4.85 Å². The second-order valence-corrected chi connectivity index (χ2v) is 11.7. The number of aromatic nitrogens is 1. The van der Waals surface area contributed by atoms with E-state index in [2.05, 4.69) is 94.3 Å². The normalized spacial score (nSPS) is 11.1. The van der Waals surface area contributed by atoms with Gasteiger partial charge in [0.05, 0.1) is 35.3 Å². The second-order valence-electron chi connectivity index (χ2n) is 10.7. The maximum Gasteiger partial charge on any atom is 0.196 e. The van der Waals surface area contributed by atoms with Crippen molar-refractivity contribution in [2.45, 2.75) is 0 Å². The van der Waals surface area contributed by atoms with E-state index in [0.717, 1.165) is 44.2 Å². The third-order valence-corrected chi connectivity index (χ3v) is 9.47. The summed E-state index contributed by atoms with van der Waals surface area (Å²) in [4.78, 5) is 3.74. The molecule has 4 nitrogen and oxygen atoms in total. The zero-order chi connectivity index (χ0) is 29.8. The van der Waals surface area contributed by atoms with Crippen molar-refractivity contribution in [3.05, 3.63) is 144 Å². The highest BCUT2D eigenvalue weighted by Crippen LogP contribution is 2.42. The number of fused-ring (bicyclic) bond motifs is 6. The quantitative estimate of drug-likeness (QED) is 0.196. The van der Waals surface area contributed by atoms with Gasteiger partial charge in [-0.15, -0.1) is 11.3 Å². The van der Waals surface area contributed by atoms with Crippen LogP contribution in [-0.4, -0.2) is 4.57 Å². The topological polar surface area (TPSA) is 56.9 Å². The van der Waals surface area contributed by atoms with Crippen LogP contribution in [0.5, 0.6) is 0 Å². The van der Waals surface area contributed by atoms with E-state index in [4.69, 9.17) is 6.57 Å². The summed E-state index contributed by atoms with van der Waals surface area (Å²) in [6.45, 7) is 7.77. The fourth-order valence-corrected chi connectivity index (χ4v) is 7.43. The summed E-state index contributed by atoms with van der Waals surface area (Å²) >= 11 is 1.80. The van der Waals surface area contributed by atoms with Gasteiger partial charge in [0.15, 0.2) is 5.69 Å². The summed E-state index contributed by atoms with van der Waals surface area (Å²) in [5.41, 5.74) is 7.95. The van der Waals surface area contributed by atoms with E-state index < -0.39 is 0 Å². The second kappa shape index (κ2) is 9.97. The van der Waals surface area contributed by atoms with E-state index in [0.29, 0.717) is 22.4 Å². The first-order valence-electron chi connectivity index (χ1n) is 14.1. The average molecular weight is 577 g/mol. The van der Waals surface area contributed by atoms with E-state index in [1.165, 1.54) is 20.2 Å². The minimum atomic E-state index is 0.450. The summed E-state index contributed by atoms with van der Waals surface area (Å²) in [6.07, 6.45) is 0. The van der Waals surface area contributed by atoms with Gasteiger partial charge in [-0.2, -0.15) is 10.5 Å². The van der Waals surface area contributed by atoms with Crippen LogP contribution in [0.4, 0.5) is 5.69 Å². The van der Waals surface area contributed by atoms with Crippen molar-refractivity contribution in [1.29, 1.82) is 10.5 Å². The molecule has 8 rings (SSSR count). The standard InChI is InChI=1S/C39H20N4S/c1-42-34-11-6-8-27(23-41)39(34)25-14-17-36-32(20-25)31-19-24(29-9-3-2-7-26(29)22-40)13-16-35(31)43(36)28-15-18-38-33(21-28)30-10-4-5-12-37(30)44-38/h2-21H. The Bertz CT molecular complexity index is 2570. The van der Waals surface area contributed by atoms with Crippen LogP contribution in [0.1, 0.15) is 11.1 Å². The molecule has 0 fully saturated rings. The van der Waals surface area contributed by atoms with E-state index in [1.54, 1.807) is 29.5 Å². The van der Waals surface area contributed by atoms with Crippen molar-refractivity contribution >= 4 is 59.0 Å². The van der Waals surface area contributed by atoms with Gasteiger partial charge < -0.3 is 4.57 Å². The molecule has 0 N–H and O–H groups in total. The van der Waals surface area contributed by atoms with Gasteiger partial charge in [0.2, 0.25) is 0 Å². The molecule has 44 heavy (non-hydrogen) atoms. The Balaban J connectivity index is 1.45. The summed E-state index contributed by atoms with van der Waals surface area (Å²) < 4.78 is 4.79. The Hall–Kier alpha value is -6.19. The van der Waals surface area contributed by atoms with Crippen molar-refractivity contribution < 1.29 is 0 Å². The van der Waals surface area contributed by atoms with Crippen molar-refractivity contribution in [3.8, 4) is 40.1 Å². The highest BCUT2D eigenvalue weighted by molar-refractivity contribution is 7.25. The Labute approximate surface area is 257 Å². The molecule has 0 saturated heterocycles. The van der Waals surface area contributed by atoms with Crippen LogP contribution in [0.3, 0.4) is 0 Å². The van der Waals surface area contributed by atoms with Crippen LogP contribution in [0, 0.1) is 29.2 Å². The van der Waals surface area contributed by atoms with E-state index in [1.807, 2.05) is 30.3 Å². The molecule has 0 unspecified atom stereocenters. The molecule has 2 heterocycles. The Morgan fingerprint density at radius 1 is 0.591 bits per heavy atom. The van der Waals surface area contributed by atoms with Gasteiger partial charge in [-0.05, 0) is 77.4 Å². The van der Waals surface area contributed by atoms with Gasteiger partial charge in [0.25, 0.3) is 0 Å². The molecule has 0 radical (unpaired) electrons. The van der Waals surface area contributed by atoms with Crippen LogP contribution in [0.25, 0.3) is 74.8 Å². The van der Waals surface area contributed by atoms with Crippen LogP contribution in [0.15, 0.2) is 121 Å². The SMILES string of the molecule is [C-]#[N+]c1cccc(C#N)c1-c1ccc2c(c1)c1cc(-c3ccccc3C#N)ccc1n2-c1ccc2sc3ccccc3c2c1. The van der Waals surface area contributed by atoms with Gasteiger partial charge in [0, 0.05) is 47.8 Å². The van der Waals surface area contributed by atoms with E-state index in [9.17, 15) is 10.5 Å². The van der Waals surface area contributed by atoms with Crippen molar-refractivity contribution in [3.63, 3.8) is 0 Å². The molecule has 0 aliphatic heterocycles. The lowest BCUT2D eigenvalue weighted by molar-refractivity contribution is 1.19. The van der Waals surface area contributed by atoms with Crippen LogP contribution < -0.4 is 0 Å². The number of benzene rings is 6. The molecular formula is C39H20N4S. The largest absolute Gasteiger partial charge is 0.309 e. The first kappa shape index (κ1) is 25.5. The number of thiophene rings is 1. The lowest BCUT2D eigenvalue weighted by Gasteiger charge is -2.10. The predicted octanol–water partition coefficient (Wildman–Crippen LogP) is 10.8. The molecule has 0 atom stereocenters. The number of nitrogens with zero attached hydrogens (tertiary/aromatic N) is 4. The van der Waals surface area contributed by atoms with Crippen LogP contribution in [-0.2, 0) is 0 Å². The maximum atomic E-state index is 9.91. The number of nitriles is 2. The zero-order valence-electron chi connectivity index (χ0n) is 23.2. The molecule has 202 valence electrons. The van der Waals surface area contributed by atoms with Gasteiger partial charge in [-0.1, -0.05) is 60.7 Å². The Morgan fingerprint density at radius 3 is 2.07 bits per heavy atom. The first-order chi connectivity index (χ1) is 21.7. The average Bonchev–Trinajstić information content (AvgIpc) is 3.62. The highest BCUT2D eigenvalue weighted by atomic mass is 32.1. The van der Waals surface area contributed by atoms with Crippen LogP contribution in [0.2, 0.25) is 0 Å². The monoisotopic (exact) mass is 576 g/mol. The number of hydrogen-bond acceptors (Lipinski definition) is 3. The van der Waals surface area contributed by atoms with Crippen molar-refractivity contribution in [1.82, 2.24) is 4.57 Å². The zero-order valence-corrected chi connectivity index (χ0v) is 24.1. The predicted molar refractivity (Wildman–Crippen MR) is 180 cm³/mol. The molecule has 0 bridgehead atoms. The molecule has 8 aromatic rings. The molecule has 2 aromatic heterocycles. The fraction of sp³-hybridized carbons (Fsp3) is 0. The minimum Gasteiger partial charge on any atom is -0.309 e. The van der Waals surface area contributed by atoms with E-state index >= 15 is 0 Å². The molecular weight excluding hydrogens is 557 g/mol. The number of rotatable bonds is 3. The Morgan fingerprint density at radius 2 is 1.27 bits per heavy atom. The van der Waals surface area contributed by atoms with Gasteiger partial charge >= 0.3 is 0 Å². The molecule has 5 heteroatoms. The molecule has 0 saturated carbocycles. The molecule has 0 aliphatic carbocycles. The molecule has 0 aliphatic rings. The summed E-state index contributed by atoms with van der Waals surface area (Å²) in [5, 5.41) is 24.2. The van der Waals surface area contributed by atoms with E-state index in [-0.39, 0.29) is 0 Å². The molecule has 6 aromatic carbocycles. The lowest BCUT2D eigenvalue weighted by Crippen LogP contribution is -1.94. The van der Waals surface area contributed by atoms with Gasteiger partial charge in [0.1, 0.15) is 0 Å². The Kier molecular flexibility index (Phi) is 5.78. The summed E-state index contributed by atoms with van der Waals surface area (Å²) in [5.74, 6) is 0. The van der Waals surface area contributed by atoms with Crippen molar-refractivity contribution in [2.24, 2.45) is 0 Å². The molecule has 0 amide bonds. The highest BCUT2D eigenvalue weighted by Gasteiger charge is 2.18. The number of hydrogen-bond donors (Lipinski definition) is 0. The lowest BCUT2D eigenvalue weighted by atomic mass is 9.95. The summed E-state index contributed by atoms with van der Waals surface area (Å²) in [7, 11) is 0. The third-order valence-electron chi connectivity index (χ3n) is 8.31. The summed E-state index contributed by atoms with van der Waals surface area (Å²) in [6, 6.07) is 45.2. The maximum absolute atomic E-state index is 9.91. The van der Waals surface area contributed by atoms with Crippen LogP contribution >= 0.6 is 11.3 Å². The molecule has 0 spiro atoms.